The van der Waals surface area contributed by atoms with Crippen LogP contribution in [-0.2, 0) is 0 Å². The summed E-state index contributed by atoms with van der Waals surface area (Å²) in [6, 6.07) is 0. The molecule has 0 aliphatic heterocycles. The lowest BCUT2D eigenvalue weighted by molar-refractivity contribution is -0.182. The Bertz CT molecular complexity index is 640. The Kier molecular flexibility index (Phi) is 6.26. The standard InChI is InChI=1S/C31H56/c1-21(2)11-10-12-22(3)24-14-15-25-23-13-16-27-29(6,7)28(4,5)19-20-31(27,9)26(23)17-18-30(24,25)8/h21-27H,10-20H2,1-9H3. The van der Waals surface area contributed by atoms with Crippen LogP contribution in [0.5, 0.6) is 0 Å². The van der Waals surface area contributed by atoms with Crippen molar-refractivity contribution >= 4 is 0 Å². The van der Waals surface area contributed by atoms with Crippen molar-refractivity contribution < 1.29 is 0 Å². The molecule has 0 radical (unpaired) electrons. The predicted octanol–water partition coefficient (Wildman–Crippen LogP) is 9.77. The molecule has 0 spiro atoms. The smallest absolute Gasteiger partial charge is 0.0261 e. The summed E-state index contributed by atoms with van der Waals surface area (Å²) in [4.78, 5) is 0. The topological polar surface area (TPSA) is 0 Å². The zero-order valence-corrected chi connectivity index (χ0v) is 22.8. The van der Waals surface area contributed by atoms with E-state index in [9.17, 15) is 0 Å². The lowest BCUT2D eigenvalue weighted by Gasteiger charge is -2.67. The van der Waals surface area contributed by atoms with Crippen molar-refractivity contribution in [2.45, 2.75) is 133 Å². The highest BCUT2D eigenvalue weighted by atomic mass is 14.7. The first-order valence-electron chi connectivity index (χ1n) is 14.3. The molecule has 0 aromatic rings. The van der Waals surface area contributed by atoms with E-state index in [1.54, 1.807) is 12.8 Å². The van der Waals surface area contributed by atoms with E-state index >= 15 is 0 Å². The zero-order valence-electron chi connectivity index (χ0n) is 22.8. The second kappa shape index (κ2) is 8.05. The first-order valence-corrected chi connectivity index (χ1v) is 14.3. The van der Waals surface area contributed by atoms with Crippen LogP contribution in [0.3, 0.4) is 0 Å². The van der Waals surface area contributed by atoms with E-state index in [0.29, 0.717) is 21.7 Å². The molecule has 4 fully saturated rings. The summed E-state index contributed by atoms with van der Waals surface area (Å²) in [5.41, 5.74) is 2.22. The highest BCUT2D eigenvalue weighted by Gasteiger charge is 2.64. The van der Waals surface area contributed by atoms with E-state index in [-0.39, 0.29) is 0 Å². The molecular formula is C31H56. The number of rotatable bonds is 5. The van der Waals surface area contributed by atoms with Crippen LogP contribution in [0, 0.1) is 63.1 Å². The van der Waals surface area contributed by atoms with Gasteiger partial charge in [-0.05, 0) is 114 Å². The monoisotopic (exact) mass is 428 g/mol. The minimum atomic E-state index is 0.481. The van der Waals surface area contributed by atoms with E-state index in [1.807, 2.05) is 0 Å². The molecule has 8 atom stereocenters. The second-order valence-corrected chi connectivity index (χ2v) is 15.1. The fourth-order valence-electron chi connectivity index (χ4n) is 10.4. The zero-order chi connectivity index (χ0) is 22.8. The first kappa shape index (κ1) is 24.1. The molecule has 0 heteroatoms. The molecule has 4 saturated carbocycles. The molecule has 4 aliphatic carbocycles. The summed E-state index contributed by atoms with van der Waals surface area (Å²) in [7, 11) is 0. The fraction of sp³-hybridized carbons (Fsp3) is 1.00. The molecule has 0 N–H and O–H groups in total. The van der Waals surface area contributed by atoms with Gasteiger partial charge in [0.25, 0.3) is 0 Å². The van der Waals surface area contributed by atoms with Crippen molar-refractivity contribution in [3.63, 3.8) is 0 Å². The van der Waals surface area contributed by atoms with Gasteiger partial charge >= 0.3 is 0 Å². The Morgan fingerprint density at radius 3 is 2.03 bits per heavy atom. The normalized spacial score (nSPS) is 46.8. The van der Waals surface area contributed by atoms with Gasteiger partial charge in [0.15, 0.2) is 0 Å². The van der Waals surface area contributed by atoms with E-state index in [4.69, 9.17) is 0 Å². The summed E-state index contributed by atoms with van der Waals surface area (Å²) in [6.45, 7) is 23.3. The highest BCUT2D eigenvalue weighted by molar-refractivity contribution is 5.13. The summed E-state index contributed by atoms with van der Waals surface area (Å²) < 4.78 is 0. The third-order valence-electron chi connectivity index (χ3n) is 13.0. The first-order chi connectivity index (χ1) is 14.3. The van der Waals surface area contributed by atoms with Gasteiger partial charge in [-0.1, -0.05) is 81.6 Å². The predicted molar refractivity (Wildman–Crippen MR) is 136 cm³/mol. The number of hydrogen-bond acceptors (Lipinski definition) is 0. The van der Waals surface area contributed by atoms with Crippen LogP contribution in [0.25, 0.3) is 0 Å². The average molecular weight is 429 g/mol. The molecule has 8 unspecified atom stereocenters. The third kappa shape index (κ3) is 3.67. The molecule has 0 aromatic heterocycles. The summed E-state index contributed by atoms with van der Waals surface area (Å²) in [5.74, 6) is 6.81. The third-order valence-corrected chi connectivity index (χ3v) is 13.0. The Morgan fingerprint density at radius 2 is 1.35 bits per heavy atom. The van der Waals surface area contributed by atoms with Gasteiger partial charge in [0, 0.05) is 0 Å². The molecule has 0 nitrogen and oxygen atoms in total. The van der Waals surface area contributed by atoms with E-state index in [0.717, 1.165) is 41.4 Å². The molecule has 0 heterocycles. The lowest BCUT2D eigenvalue weighted by atomic mass is 9.38. The van der Waals surface area contributed by atoms with E-state index in [2.05, 4.69) is 62.3 Å². The van der Waals surface area contributed by atoms with Gasteiger partial charge in [0.2, 0.25) is 0 Å². The SMILES string of the molecule is CC(C)CCCC(C)C1CCC2C3CCC4C(C)(CCC(C)(C)C4(C)C)C3CCC12C. The van der Waals surface area contributed by atoms with Crippen LogP contribution in [0.15, 0.2) is 0 Å². The van der Waals surface area contributed by atoms with Crippen LogP contribution in [0.4, 0.5) is 0 Å². The van der Waals surface area contributed by atoms with Crippen LogP contribution >= 0.6 is 0 Å². The Morgan fingerprint density at radius 1 is 0.677 bits per heavy atom. The number of hydrogen-bond donors (Lipinski definition) is 0. The second-order valence-electron chi connectivity index (χ2n) is 15.1. The Hall–Kier alpha value is 0. The quantitative estimate of drug-likeness (QED) is 0.408. The molecular weight excluding hydrogens is 372 g/mol. The van der Waals surface area contributed by atoms with Gasteiger partial charge in [-0.25, -0.2) is 0 Å². The molecule has 0 bridgehead atoms. The van der Waals surface area contributed by atoms with Crippen molar-refractivity contribution in [2.24, 2.45) is 63.1 Å². The van der Waals surface area contributed by atoms with Crippen molar-refractivity contribution in [1.29, 1.82) is 0 Å². The Labute approximate surface area is 196 Å². The lowest BCUT2D eigenvalue weighted by Crippen LogP contribution is -2.59. The van der Waals surface area contributed by atoms with Crippen LogP contribution in [0.2, 0.25) is 0 Å². The molecule has 0 saturated heterocycles. The fourth-order valence-corrected chi connectivity index (χ4v) is 10.4. The van der Waals surface area contributed by atoms with Crippen LogP contribution in [-0.4, -0.2) is 0 Å². The van der Waals surface area contributed by atoms with E-state index < -0.39 is 0 Å². The van der Waals surface area contributed by atoms with Crippen molar-refractivity contribution in [2.75, 3.05) is 0 Å². The van der Waals surface area contributed by atoms with Crippen LogP contribution in [0.1, 0.15) is 133 Å². The molecule has 0 aromatic carbocycles. The largest absolute Gasteiger partial charge is 0.0628 e. The average Bonchev–Trinajstić information content (AvgIpc) is 3.02. The molecule has 0 amide bonds. The maximum Gasteiger partial charge on any atom is -0.0261 e. The van der Waals surface area contributed by atoms with Crippen LogP contribution < -0.4 is 0 Å². The van der Waals surface area contributed by atoms with Gasteiger partial charge < -0.3 is 0 Å². The van der Waals surface area contributed by atoms with Gasteiger partial charge in [-0.2, -0.15) is 0 Å². The minimum absolute atomic E-state index is 0.481. The minimum Gasteiger partial charge on any atom is -0.0628 e. The van der Waals surface area contributed by atoms with Gasteiger partial charge in [-0.3, -0.25) is 0 Å². The maximum absolute atomic E-state index is 2.76. The molecule has 180 valence electrons. The molecule has 4 rings (SSSR count). The summed E-state index contributed by atoms with van der Waals surface area (Å²) >= 11 is 0. The van der Waals surface area contributed by atoms with Crippen molar-refractivity contribution in [1.82, 2.24) is 0 Å². The summed E-state index contributed by atoms with van der Waals surface area (Å²) in [5, 5.41) is 0. The maximum atomic E-state index is 2.76. The van der Waals surface area contributed by atoms with Gasteiger partial charge in [0.05, 0.1) is 0 Å². The van der Waals surface area contributed by atoms with Crippen molar-refractivity contribution in [3.8, 4) is 0 Å². The van der Waals surface area contributed by atoms with Gasteiger partial charge in [0.1, 0.15) is 0 Å². The van der Waals surface area contributed by atoms with Gasteiger partial charge in [-0.15, -0.1) is 0 Å². The van der Waals surface area contributed by atoms with E-state index in [1.165, 1.54) is 57.8 Å². The summed E-state index contributed by atoms with van der Waals surface area (Å²) in [6.07, 6.45) is 16.5. The molecule has 31 heavy (non-hydrogen) atoms. The highest BCUT2D eigenvalue weighted by Crippen LogP contribution is 2.72. The Balaban J connectivity index is 1.51. The molecule has 4 aliphatic rings. The van der Waals surface area contributed by atoms with Crippen molar-refractivity contribution in [3.05, 3.63) is 0 Å². The number of fused-ring (bicyclic) bond motifs is 5.